The molecule has 180 valence electrons. The smallest absolute Gasteiger partial charge is 0.303 e. The fourth-order valence-electron chi connectivity index (χ4n) is 4.88. The lowest BCUT2D eigenvalue weighted by molar-refractivity contribution is -0.138. The number of nitrogens with zero attached hydrogens (tertiary/aromatic N) is 2. The van der Waals surface area contributed by atoms with E-state index in [1.54, 1.807) is 22.2 Å². The van der Waals surface area contributed by atoms with Crippen LogP contribution in [0, 0.1) is 11.7 Å². The summed E-state index contributed by atoms with van der Waals surface area (Å²) in [5, 5.41) is 17.1. The maximum Gasteiger partial charge on any atom is 0.303 e. The van der Waals surface area contributed by atoms with E-state index in [1.807, 2.05) is 18.2 Å². The van der Waals surface area contributed by atoms with Crippen molar-refractivity contribution in [2.24, 2.45) is 5.92 Å². The zero-order chi connectivity index (χ0) is 24.4. The van der Waals surface area contributed by atoms with Gasteiger partial charge in [0.25, 0.3) is 5.91 Å². The molecule has 35 heavy (non-hydrogen) atoms. The summed E-state index contributed by atoms with van der Waals surface area (Å²) in [6, 6.07) is 16.9. The van der Waals surface area contributed by atoms with Crippen molar-refractivity contribution >= 4 is 34.1 Å². The van der Waals surface area contributed by atoms with Crippen LogP contribution in [0.4, 0.5) is 4.39 Å². The minimum atomic E-state index is -0.783. The van der Waals surface area contributed by atoms with Crippen LogP contribution in [0.5, 0.6) is 0 Å². The van der Waals surface area contributed by atoms with Crippen LogP contribution in [0.25, 0.3) is 21.3 Å². The number of hydrogen-bond donors (Lipinski definition) is 2. The summed E-state index contributed by atoms with van der Waals surface area (Å²) in [6.07, 6.45) is 4.72. The average molecular weight is 492 g/mol. The summed E-state index contributed by atoms with van der Waals surface area (Å²) in [5.74, 6) is -1.44. The largest absolute Gasteiger partial charge is 0.481 e. The van der Waals surface area contributed by atoms with Crippen LogP contribution < -0.4 is 5.32 Å². The Hall–Kier alpha value is -3.52. The molecule has 0 atom stereocenters. The van der Waals surface area contributed by atoms with Crippen molar-refractivity contribution in [3.05, 3.63) is 77.1 Å². The molecule has 1 saturated carbocycles. The lowest BCUT2D eigenvalue weighted by Gasteiger charge is -2.28. The Morgan fingerprint density at radius 1 is 1.09 bits per heavy atom. The van der Waals surface area contributed by atoms with E-state index >= 15 is 0 Å². The van der Waals surface area contributed by atoms with Crippen LogP contribution in [-0.4, -0.2) is 32.8 Å². The average Bonchev–Trinajstić information content (AvgIpc) is 3.47. The van der Waals surface area contributed by atoms with Gasteiger partial charge in [0.15, 0.2) is 0 Å². The summed E-state index contributed by atoms with van der Waals surface area (Å²) >= 11 is 1.67. The number of aromatic nitrogens is 2. The molecule has 1 fully saturated rings. The third-order valence-corrected chi connectivity index (χ3v) is 7.73. The number of carbonyl (C=O) groups excluding carboxylic acids is 1. The van der Waals surface area contributed by atoms with E-state index in [9.17, 15) is 14.0 Å². The second-order valence-corrected chi connectivity index (χ2v) is 10.3. The number of carbonyl (C=O) groups is 2. The monoisotopic (exact) mass is 491 g/mol. The van der Waals surface area contributed by atoms with Crippen molar-refractivity contribution in [3.63, 3.8) is 0 Å². The second kappa shape index (κ2) is 10.00. The number of fused-ring (bicyclic) bond motifs is 1. The van der Waals surface area contributed by atoms with E-state index in [-0.39, 0.29) is 29.9 Å². The number of nitrogens with one attached hydrogen (secondary N) is 1. The van der Waals surface area contributed by atoms with Gasteiger partial charge in [-0.1, -0.05) is 30.3 Å². The highest BCUT2D eigenvalue weighted by atomic mass is 32.1. The molecule has 2 N–H and O–H groups in total. The lowest BCUT2D eigenvalue weighted by Crippen LogP contribution is -2.38. The lowest BCUT2D eigenvalue weighted by atomic mass is 9.84. The zero-order valence-corrected chi connectivity index (χ0v) is 19.9. The molecule has 0 bridgehead atoms. The van der Waals surface area contributed by atoms with Gasteiger partial charge >= 0.3 is 5.97 Å². The number of aliphatic carboxylic acids is 1. The molecule has 0 radical (unpaired) electrons. The fourth-order valence-corrected chi connectivity index (χ4v) is 5.87. The van der Waals surface area contributed by atoms with Gasteiger partial charge in [0, 0.05) is 27.6 Å². The Labute approximate surface area is 206 Å². The molecular weight excluding hydrogens is 465 g/mol. The third-order valence-electron chi connectivity index (χ3n) is 6.61. The fraction of sp³-hybridized carbons (Fsp3) is 0.296. The zero-order valence-electron chi connectivity index (χ0n) is 19.1. The van der Waals surface area contributed by atoms with Gasteiger partial charge in [-0.3, -0.25) is 14.3 Å². The highest BCUT2D eigenvalue weighted by Crippen LogP contribution is 2.30. The SMILES string of the molecule is O=C(O)CC1CCC(NC(=O)c2cc(F)cc3cnn(Cc4ccc(-c5ccccc5)s4)c23)CC1. The molecule has 0 spiro atoms. The van der Waals surface area contributed by atoms with Crippen molar-refractivity contribution in [1.82, 2.24) is 15.1 Å². The van der Waals surface area contributed by atoms with Crippen LogP contribution in [0.3, 0.4) is 0 Å². The van der Waals surface area contributed by atoms with E-state index in [0.717, 1.165) is 41.0 Å². The summed E-state index contributed by atoms with van der Waals surface area (Å²) < 4.78 is 16.1. The van der Waals surface area contributed by atoms with Crippen molar-refractivity contribution in [2.45, 2.75) is 44.7 Å². The Balaban J connectivity index is 1.35. The van der Waals surface area contributed by atoms with Crippen LogP contribution in [-0.2, 0) is 11.3 Å². The number of thiophene rings is 1. The molecule has 0 aliphatic heterocycles. The molecule has 0 unspecified atom stereocenters. The molecule has 4 aromatic rings. The number of carboxylic acids is 1. The summed E-state index contributed by atoms with van der Waals surface area (Å²) in [4.78, 5) is 26.4. The number of rotatable bonds is 7. The van der Waals surface area contributed by atoms with E-state index in [2.05, 4.69) is 34.7 Å². The molecule has 6 nitrogen and oxygen atoms in total. The summed E-state index contributed by atoms with van der Waals surface area (Å²) in [7, 11) is 0. The van der Waals surface area contributed by atoms with Crippen LogP contribution in [0.2, 0.25) is 0 Å². The first-order valence-corrected chi connectivity index (χ1v) is 12.6. The number of halogens is 1. The molecule has 1 aliphatic carbocycles. The van der Waals surface area contributed by atoms with E-state index in [1.165, 1.54) is 12.1 Å². The molecule has 2 aromatic carbocycles. The maximum atomic E-state index is 14.4. The topological polar surface area (TPSA) is 84.2 Å². The molecule has 8 heteroatoms. The highest BCUT2D eigenvalue weighted by molar-refractivity contribution is 7.15. The predicted molar refractivity (Wildman–Crippen MR) is 134 cm³/mol. The van der Waals surface area contributed by atoms with Gasteiger partial charge < -0.3 is 10.4 Å². The molecule has 1 amide bonds. The van der Waals surface area contributed by atoms with Crippen LogP contribution >= 0.6 is 11.3 Å². The molecule has 1 aliphatic rings. The first kappa shape index (κ1) is 23.2. The number of amides is 1. The molecular formula is C27H26FN3O3S. The Morgan fingerprint density at radius 3 is 2.60 bits per heavy atom. The van der Waals surface area contributed by atoms with Crippen molar-refractivity contribution < 1.29 is 19.1 Å². The minimum absolute atomic E-state index is 0.0482. The van der Waals surface area contributed by atoms with E-state index < -0.39 is 11.8 Å². The number of benzene rings is 2. The van der Waals surface area contributed by atoms with Gasteiger partial charge in [0.05, 0.1) is 23.8 Å². The van der Waals surface area contributed by atoms with Crippen molar-refractivity contribution in [2.75, 3.05) is 0 Å². The minimum Gasteiger partial charge on any atom is -0.481 e. The van der Waals surface area contributed by atoms with Gasteiger partial charge in [-0.15, -0.1) is 11.3 Å². The quantitative estimate of drug-likeness (QED) is 0.347. The standard InChI is InChI=1S/C27H26FN3O3S/c28-20-13-19-15-29-31(16-22-10-11-24(35-22)18-4-2-1-3-5-18)26(19)23(14-20)27(34)30-21-8-6-17(7-9-21)12-25(32)33/h1-5,10-11,13-15,17,21H,6-9,12,16H2,(H,30,34)(H,32,33). The molecule has 2 aromatic heterocycles. The normalized spacial score (nSPS) is 18.0. The van der Waals surface area contributed by atoms with E-state index in [0.29, 0.717) is 17.4 Å². The number of carboxylic acid groups (broad SMARTS) is 1. The second-order valence-electron chi connectivity index (χ2n) is 9.11. The van der Waals surface area contributed by atoms with Gasteiger partial charge in [-0.2, -0.15) is 5.10 Å². The molecule has 0 saturated heterocycles. The molecule has 5 rings (SSSR count). The first-order valence-electron chi connectivity index (χ1n) is 11.8. The van der Waals surface area contributed by atoms with Gasteiger partial charge in [-0.05, 0) is 61.4 Å². The third kappa shape index (κ3) is 5.27. The van der Waals surface area contributed by atoms with Gasteiger partial charge in [0.1, 0.15) is 5.82 Å². The predicted octanol–water partition coefficient (Wildman–Crippen LogP) is 5.72. The Bertz CT molecular complexity index is 1360. The van der Waals surface area contributed by atoms with Crippen molar-refractivity contribution in [1.29, 1.82) is 0 Å². The summed E-state index contributed by atoms with van der Waals surface area (Å²) in [6.45, 7) is 0.479. The summed E-state index contributed by atoms with van der Waals surface area (Å²) in [5.41, 5.74) is 2.03. The highest BCUT2D eigenvalue weighted by Gasteiger charge is 2.25. The van der Waals surface area contributed by atoms with Gasteiger partial charge in [-0.25, -0.2) is 4.39 Å². The Kier molecular flexibility index (Phi) is 6.63. The van der Waals surface area contributed by atoms with E-state index in [4.69, 9.17) is 5.11 Å². The molecule has 2 heterocycles. The van der Waals surface area contributed by atoms with Crippen LogP contribution in [0.15, 0.2) is 60.8 Å². The number of hydrogen-bond acceptors (Lipinski definition) is 4. The Morgan fingerprint density at radius 2 is 1.86 bits per heavy atom. The van der Waals surface area contributed by atoms with Crippen LogP contribution in [0.1, 0.15) is 47.3 Å². The van der Waals surface area contributed by atoms with Gasteiger partial charge in [0.2, 0.25) is 0 Å². The maximum absolute atomic E-state index is 14.4. The van der Waals surface area contributed by atoms with Crippen molar-refractivity contribution in [3.8, 4) is 10.4 Å². The first-order chi connectivity index (χ1) is 17.0.